The molecule has 0 radical (unpaired) electrons. The van der Waals surface area contributed by atoms with Gasteiger partial charge in [-0.1, -0.05) is 12.1 Å². The monoisotopic (exact) mass is 395 g/mol. The van der Waals surface area contributed by atoms with E-state index in [4.69, 9.17) is 21.7 Å². The molecule has 0 unspecified atom stereocenters. The van der Waals surface area contributed by atoms with Gasteiger partial charge in [0, 0.05) is 33.3 Å². The van der Waals surface area contributed by atoms with Crippen molar-refractivity contribution >= 4 is 40.8 Å². The summed E-state index contributed by atoms with van der Waals surface area (Å²) < 4.78 is 9.63. The summed E-state index contributed by atoms with van der Waals surface area (Å²) in [5.41, 5.74) is 1.56. The maximum Gasteiger partial charge on any atom is 0.306 e. The zero-order valence-electron chi connectivity index (χ0n) is 15.7. The summed E-state index contributed by atoms with van der Waals surface area (Å²) in [5.74, 6) is -0.840. The maximum absolute atomic E-state index is 11.8. The molecule has 2 N–H and O–H groups in total. The number of anilines is 1. The van der Waals surface area contributed by atoms with Crippen LogP contribution < -0.4 is 10.6 Å². The summed E-state index contributed by atoms with van der Waals surface area (Å²) in [6.45, 7) is 0.473. The number of rotatable bonds is 9. The van der Waals surface area contributed by atoms with Crippen LogP contribution in [0.3, 0.4) is 0 Å². The molecule has 148 valence electrons. The number of likely N-dealkylation sites (N-methyl/N-ethyl adjacent to an activating group) is 1. The third-order valence-corrected chi connectivity index (χ3v) is 3.63. The highest BCUT2D eigenvalue weighted by atomic mass is 32.1. The smallest absolute Gasteiger partial charge is 0.306 e. The lowest BCUT2D eigenvalue weighted by Crippen LogP contribution is -2.34. The van der Waals surface area contributed by atoms with Crippen LogP contribution in [-0.4, -0.2) is 62.2 Å². The number of nitrogens with one attached hydrogen (secondary N) is 2. The van der Waals surface area contributed by atoms with Gasteiger partial charge in [-0.3, -0.25) is 14.4 Å². The molecule has 0 fully saturated rings. The Bertz CT molecular complexity index is 661. The SMILES string of the molecule is COCCOC(=O)CCC(=O)NC(=S)Nc1ccc(CC(=O)N(C)C)cc1. The van der Waals surface area contributed by atoms with Gasteiger partial charge in [0.15, 0.2) is 5.11 Å². The fraction of sp³-hybridized carbons (Fsp3) is 0.444. The van der Waals surface area contributed by atoms with Crippen LogP contribution in [0.15, 0.2) is 24.3 Å². The summed E-state index contributed by atoms with van der Waals surface area (Å²) in [5, 5.41) is 5.51. The van der Waals surface area contributed by atoms with Crippen molar-refractivity contribution in [3.63, 3.8) is 0 Å². The molecule has 1 aromatic carbocycles. The van der Waals surface area contributed by atoms with Crippen molar-refractivity contribution in [2.75, 3.05) is 39.7 Å². The standard InChI is InChI=1S/C18H25N3O5S/c1-21(2)16(23)12-13-4-6-14(7-5-13)19-18(27)20-15(22)8-9-17(24)26-11-10-25-3/h4-7H,8-12H2,1-3H3,(H2,19,20,22,27). The predicted octanol–water partition coefficient (Wildman–Crippen LogP) is 1.10. The van der Waals surface area contributed by atoms with Gasteiger partial charge in [-0.15, -0.1) is 0 Å². The van der Waals surface area contributed by atoms with Crippen molar-refractivity contribution in [2.24, 2.45) is 0 Å². The Labute approximate surface area is 164 Å². The van der Waals surface area contributed by atoms with Gasteiger partial charge in [0.25, 0.3) is 0 Å². The van der Waals surface area contributed by atoms with Crippen LogP contribution in [0.1, 0.15) is 18.4 Å². The average molecular weight is 395 g/mol. The van der Waals surface area contributed by atoms with Crippen molar-refractivity contribution in [1.82, 2.24) is 10.2 Å². The van der Waals surface area contributed by atoms with Crippen LogP contribution in [0.5, 0.6) is 0 Å². The van der Waals surface area contributed by atoms with Crippen LogP contribution in [0.25, 0.3) is 0 Å². The van der Waals surface area contributed by atoms with Crippen LogP contribution in [0.4, 0.5) is 5.69 Å². The third-order valence-electron chi connectivity index (χ3n) is 3.43. The molecule has 8 nitrogen and oxygen atoms in total. The quantitative estimate of drug-likeness (QED) is 0.367. The summed E-state index contributed by atoms with van der Waals surface area (Å²) in [4.78, 5) is 36.4. The summed E-state index contributed by atoms with van der Waals surface area (Å²) in [7, 11) is 4.92. The van der Waals surface area contributed by atoms with Crippen LogP contribution in [-0.2, 0) is 30.3 Å². The van der Waals surface area contributed by atoms with Crippen molar-refractivity contribution < 1.29 is 23.9 Å². The minimum atomic E-state index is -0.469. The first-order valence-electron chi connectivity index (χ1n) is 8.36. The number of amides is 2. The second-order valence-electron chi connectivity index (χ2n) is 5.88. The van der Waals surface area contributed by atoms with Gasteiger partial charge >= 0.3 is 5.97 Å². The first-order valence-corrected chi connectivity index (χ1v) is 8.77. The predicted molar refractivity (Wildman–Crippen MR) is 105 cm³/mol. The molecule has 0 heterocycles. The van der Waals surface area contributed by atoms with Gasteiger partial charge in [0.05, 0.1) is 19.4 Å². The molecule has 1 rings (SSSR count). The highest BCUT2D eigenvalue weighted by Gasteiger charge is 2.10. The molecule has 1 aromatic rings. The topological polar surface area (TPSA) is 97.0 Å². The van der Waals surface area contributed by atoms with E-state index in [1.165, 1.54) is 12.0 Å². The lowest BCUT2D eigenvalue weighted by molar-refractivity contribution is -0.146. The van der Waals surface area contributed by atoms with Gasteiger partial charge in [-0.25, -0.2) is 0 Å². The molecule has 0 aliphatic rings. The molecule has 9 heteroatoms. The molecular formula is C18H25N3O5S. The molecule has 0 aromatic heterocycles. The zero-order valence-corrected chi connectivity index (χ0v) is 16.6. The van der Waals surface area contributed by atoms with Gasteiger partial charge in [0.2, 0.25) is 11.8 Å². The van der Waals surface area contributed by atoms with E-state index in [9.17, 15) is 14.4 Å². The van der Waals surface area contributed by atoms with Crippen LogP contribution in [0.2, 0.25) is 0 Å². The van der Waals surface area contributed by atoms with Gasteiger partial charge in [0.1, 0.15) is 6.61 Å². The van der Waals surface area contributed by atoms with Crippen LogP contribution in [0, 0.1) is 0 Å². The summed E-state index contributed by atoms with van der Waals surface area (Å²) in [6.07, 6.45) is 0.251. The zero-order chi connectivity index (χ0) is 20.2. The number of benzene rings is 1. The largest absolute Gasteiger partial charge is 0.463 e. The van der Waals surface area contributed by atoms with Crippen molar-refractivity contribution in [3.05, 3.63) is 29.8 Å². The minimum Gasteiger partial charge on any atom is -0.463 e. The lowest BCUT2D eigenvalue weighted by atomic mass is 10.1. The first-order chi connectivity index (χ1) is 12.8. The van der Waals surface area contributed by atoms with Gasteiger partial charge in [-0.05, 0) is 29.9 Å². The Morgan fingerprint density at radius 3 is 2.33 bits per heavy atom. The molecule has 2 amide bonds. The molecule has 0 bridgehead atoms. The van der Waals surface area contributed by atoms with Gasteiger partial charge in [-0.2, -0.15) is 0 Å². The maximum atomic E-state index is 11.8. The Balaban J connectivity index is 2.36. The van der Waals surface area contributed by atoms with E-state index in [-0.39, 0.29) is 36.4 Å². The number of nitrogens with zero attached hydrogens (tertiary/aromatic N) is 1. The van der Waals surface area contributed by atoms with Crippen LogP contribution >= 0.6 is 12.2 Å². The molecule has 0 aliphatic carbocycles. The van der Waals surface area contributed by atoms with Crippen molar-refractivity contribution in [1.29, 1.82) is 0 Å². The molecule has 0 aliphatic heterocycles. The summed E-state index contributed by atoms with van der Waals surface area (Å²) in [6, 6.07) is 7.15. The molecule has 0 atom stereocenters. The average Bonchev–Trinajstić information content (AvgIpc) is 2.61. The minimum absolute atomic E-state index is 0.0132. The first kappa shape index (κ1) is 22.5. The molecular weight excluding hydrogens is 370 g/mol. The third kappa shape index (κ3) is 9.66. The van der Waals surface area contributed by atoms with E-state index in [1.807, 2.05) is 12.1 Å². The second-order valence-corrected chi connectivity index (χ2v) is 6.29. The lowest BCUT2D eigenvalue weighted by Gasteiger charge is -2.12. The number of esters is 1. The van der Waals surface area contributed by atoms with Crippen molar-refractivity contribution in [3.8, 4) is 0 Å². The second kappa shape index (κ2) is 12.0. The fourth-order valence-corrected chi connectivity index (χ4v) is 2.15. The van der Waals surface area contributed by atoms with Gasteiger partial charge < -0.3 is 25.0 Å². The Kier molecular flexibility index (Phi) is 9.99. The fourth-order valence-electron chi connectivity index (χ4n) is 1.92. The van der Waals surface area contributed by atoms with E-state index in [2.05, 4.69) is 10.6 Å². The molecule has 0 saturated heterocycles. The number of hydrogen-bond donors (Lipinski definition) is 2. The molecule has 0 spiro atoms. The number of thiocarbonyl (C=S) groups is 1. The number of ether oxygens (including phenoxy) is 2. The van der Waals surface area contributed by atoms with E-state index < -0.39 is 5.97 Å². The Hall–Kier alpha value is -2.52. The summed E-state index contributed by atoms with van der Waals surface area (Å²) >= 11 is 5.08. The number of methoxy groups -OCH3 is 1. The highest BCUT2D eigenvalue weighted by Crippen LogP contribution is 2.10. The Morgan fingerprint density at radius 2 is 1.74 bits per heavy atom. The van der Waals surface area contributed by atoms with E-state index in [1.54, 1.807) is 26.2 Å². The van der Waals surface area contributed by atoms with E-state index >= 15 is 0 Å². The van der Waals surface area contributed by atoms with E-state index in [0.717, 1.165) is 5.56 Å². The van der Waals surface area contributed by atoms with Crippen molar-refractivity contribution in [2.45, 2.75) is 19.3 Å². The number of hydrogen-bond acceptors (Lipinski definition) is 6. The molecule has 0 saturated carbocycles. The van der Waals surface area contributed by atoms with E-state index in [0.29, 0.717) is 18.7 Å². The normalized spacial score (nSPS) is 10.0. The highest BCUT2D eigenvalue weighted by molar-refractivity contribution is 7.80. The Morgan fingerprint density at radius 1 is 1.07 bits per heavy atom. The molecule has 27 heavy (non-hydrogen) atoms. The number of carbonyl (C=O) groups is 3. The number of carbonyl (C=O) groups excluding carboxylic acids is 3.